The maximum Gasteiger partial charge on any atom is 0.135 e. The van der Waals surface area contributed by atoms with E-state index in [2.05, 4.69) is 12.1 Å². The highest BCUT2D eigenvalue weighted by Gasteiger charge is 2.07. The zero-order valence-corrected chi connectivity index (χ0v) is 10.5. The standard InChI is InChI=1S/C17H15NO/c18-12-14-8-4-6-13-7-5-11-16(17(13)14)19-15-9-2-1-3-10-15/h1-11H,12,18H2. The van der Waals surface area contributed by atoms with Crippen molar-refractivity contribution < 1.29 is 4.74 Å². The number of fused-ring (bicyclic) bond motifs is 1. The largest absolute Gasteiger partial charge is 0.457 e. The van der Waals surface area contributed by atoms with Crippen LogP contribution in [-0.2, 0) is 6.54 Å². The summed E-state index contributed by atoms with van der Waals surface area (Å²) >= 11 is 0. The zero-order chi connectivity index (χ0) is 13.1. The summed E-state index contributed by atoms with van der Waals surface area (Å²) in [5, 5.41) is 2.24. The SMILES string of the molecule is NCc1cccc2cccc(Oc3ccccc3)c12. The molecule has 94 valence electrons. The normalized spacial score (nSPS) is 10.6. The molecule has 0 amide bonds. The Labute approximate surface area is 112 Å². The van der Waals surface area contributed by atoms with Crippen molar-refractivity contribution in [3.63, 3.8) is 0 Å². The molecule has 0 unspecified atom stereocenters. The van der Waals surface area contributed by atoms with Crippen molar-refractivity contribution in [2.45, 2.75) is 6.54 Å². The quantitative estimate of drug-likeness (QED) is 0.758. The van der Waals surface area contributed by atoms with E-state index in [0.29, 0.717) is 6.54 Å². The number of nitrogens with two attached hydrogens (primary N) is 1. The van der Waals surface area contributed by atoms with Crippen molar-refractivity contribution in [3.8, 4) is 11.5 Å². The Morgan fingerprint density at radius 1 is 0.789 bits per heavy atom. The van der Waals surface area contributed by atoms with Gasteiger partial charge in [0.15, 0.2) is 0 Å². The Bertz CT molecular complexity index is 687. The smallest absolute Gasteiger partial charge is 0.135 e. The molecule has 0 fully saturated rings. The molecule has 19 heavy (non-hydrogen) atoms. The molecule has 0 radical (unpaired) electrons. The van der Waals surface area contributed by atoms with Gasteiger partial charge in [0.25, 0.3) is 0 Å². The van der Waals surface area contributed by atoms with E-state index >= 15 is 0 Å². The summed E-state index contributed by atoms with van der Waals surface area (Å²) in [6.07, 6.45) is 0. The van der Waals surface area contributed by atoms with E-state index in [9.17, 15) is 0 Å². The van der Waals surface area contributed by atoms with Gasteiger partial charge >= 0.3 is 0 Å². The first-order valence-electron chi connectivity index (χ1n) is 6.32. The molecular weight excluding hydrogens is 234 g/mol. The van der Waals surface area contributed by atoms with Gasteiger partial charge in [-0.15, -0.1) is 0 Å². The molecule has 0 saturated carbocycles. The molecule has 0 spiro atoms. The van der Waals surface area contributed by atoms with Crippen LogP contribution in [-0.4, -0.2) is 0 Å². The summed E-state index contributed by atoms with van der Waals surface area (Å²) in [6, 6.07) is 22.0. The lowest BCUT2D eigenvalue weighted by Crippen LogP contribution is -1.98. The average molecular weight is 249 g/mol. The summed E-state index contributed by atoms with van der Waals surface area (Å²) in [5.41, 5.74) is 6.92. The molecule has 2 N–H and O–H groups in total. The molecular formula is C17H15NO. The summed E-state index contributed by atoms with van der Waals surface area (Å²) in [5.74, 6) is 1.69. The fraction of sp³-hybridized carbons (Fsp3) is 0.0588. The third-order valence-electron chi connectivity index (χ3n) is 3.14. The minimum atomic E-state index is 0.506. The van der Waals surface area contributed by atoms with Gasteiger partial charge in [-0.1, -0.05) is 48.5 Å². The lowest BCUT2D eigenvalue weighted by Gasteiger charge is -2.11. The molecule has 2 nitrogen and oxygen atoms in total. The lowest BCUT2D eigenvalue weighted by atomic mass is 10.0. The highest BCUT2D eigenvalue weighted by Crippen LogP contribution is 2.32. The van der Waals surface area contributed by atoms with Crippen LogP contribution in [0, 0.1) is 0 Å². The van der Waals surface area contributed by atoms with Gasteiger partial charge in [-0.05, 0) is 29.1 Å². The second-order valence-corrected chi connectivity index (χ2v) is 4.39. The van der Waals surface area contributed by atoms with Crippen LogP contribution in [0.2, 0.25) is 0 Å². The van der Waals surface area contributed by atoms with Crippen molar-refractivity contribution in [3.05, 3.63) is 72.3 Å². The number of rotatable bonds is 3. The topological polar surface area (TPSA) is 35.2 Å². The highest BCUT2D eigenvalue weighted by molar-refractivity contribution is 5.91. The van der Waals surface area contributed by atoms with E-state index in [1.807, 2.05) is 54.6 Å². The first-order valence-corrected chi connectivity index (χ1v) is 6.32. The molecule has 0 atom stereocenters. The predicted octanol–water partition coefficient (Wildman–Crippen LogP) is 4.09. The van der Waals surface area contributed by atoms with Crippen molar-refractivity contribution in [2.75, 3.05) is 0 Å². The average Bonchev–Trinajstić information content (AvgIpc) is 2.48. The lowest BCUT2D eigenvalue weighted by molar-refractivity contribution is 0.488. The Morgan fingerprint density at radius 3 is 2.26 bits per heavy atom. The maximum absolute atomic E-state index is 5.98. The molecule has 0 aliphatic heterocycles. The van der Waals surface area contributed by atoms with Crippen LogP contribution in [0.25, 0.3) is 10.8 Å². The van der Waals surface area contributed by atoms with Crippen molar-refractivity contribution >= 4 is 10.8 Å². The van der Waals surface area contributed by atoms with Crippen LogP contribution in [0.1, 0.15) is 5.56 Å². The molecule has 3 aromatic rings. The van der Waals surface area contributed by atoms with Crippen LogP contribution < -0.4 is 10.5 Å². The van der Waals surface area contributed by atoms with Gasteiger partial charge in [0.1, 0.15) is 11.5 Å². The van der Waals surface area contributed by atoms with Crippen LogP contribution in [0.15, 0.2) is 66.7 Å². The molecule has 0 bridgehead atoms. The number of ether oxygens (including phenoxy) is 1. The number of benzene rings is 3. The third-order valence-corrected chi connectivity index (χ3v) is 3.14. The van der Waals surface area contributed by atoms with Crippen LogP contribution in [0.5, 0.6) is 11.5 Å². The Kier molecular flexibility index (Phi) is 3.17. The summed E-state index contributed by atoms with van der Waals surface area (Å²) in [7, 11) is 0. The van der Waals surface area contributed by atoms with E-state index in [4.69, 9.17) is 10.5 Å². The molecule has 0 aliphatic rings. The molecule has 2 heteroatoms. The highest BCUT2D eigenvalue weighted by atomic mass is 16.5. The fourth-order valence-electron chi connectivity index (χ4n) is 2.25. The summed E-state index contributed by atoms with van der Waals surface area (Å²) < 4.78 is 5.98. The predicted molar refractivity (Wildman–Crippen MR) is 78.4 cm³/mol. The summed E-state index contributed by atoms with van der Waals surface area (Å²) in [6.45, 7) is 0.506. The summed E-state index contributed by atoms with van der Waals surface area (Å²) in [4.78, 5) is 0. The molecule has 3 aromatic carbocycles. The Hall–Kier alpha value is -2.32. The fourth-order valence-corrected chi connectivity index (χ4v) is 2.25. The third kappa shape index (κ3) is 2.30. The van der Waals surface area contributed by atoms with Gasteiger partial charge in [0, 0.05) is 11.9 Å². The second kappa shape index (κ2) is 5.12. The molecule has 0 heterocycles. The van der Waals surface area contributed by atoms with Crippen molar-refractivity contribution in [1.82, 2.24) is 0 Å². The van der Waals surface area contributed by atoms with Gasteiger partial charge < -0.3 is 10.5 Å². The zero-order valence-electron chi connectivity index (χ0n) is 10.5. The number of hydrogen-bond donors (Lipinski definition) is 1. The number of para-hydroxylation sites is 1. The monoisotopic (exact) mass is 249 g/mol. The first-order chi connectivity index (χ1) is 9.38. The van der Waals surface area contributed by atoms with E-state index in [0.717, 1.165) is 27.8 Å². The van der Waals surface area contributed by atoms with Gasteiger partial charge in [0.05, 0.1) is 0 Å². The number of hydrogen-bond acceptors (Lipinski definition) is 2. The van der Waals surface area contributed by atoms with E-state index in [1.165, 1.54) is 0 Å². The Morgan fingerprint density at radius 2 is 1.53 bits per heavy atom. The minimum absolute atomic E-state index is 0.506. The van der Waals surface area contributed by atoms with Crippen molar-refractivity contribution in [1.29, 1.82) is 0 Å². The molecule has 0 aliphatic carbocycles. The molecule has 0 aromatic heterocycles. The van der Waals surface area contributed by atoms with E-state index < -0.39 is 0 Å². The van der Waals surface area contributed by atoms with E-state index in [1.54, 1.807) is 0 Å². The van der Waals surface area contributed by atoms with Gasteiger partial charge in [-0.3, -0.25) is 0 Å². The van der Waals surface area contributed by atoms with Crippen LogP contribution >= 0.6 is 0 Å². The van der Waals surface area contributed by atoms with Gasteiger partial charge in [-0.25, -0.2) is 0 Å². The maximum atomic E-state index is 5.98. The van der Waals surface area contributed by atoms with E-state index in [-0.39, 0.29) is 0 Å². The Balaban J connectivity index is 2.13. The van der Waals surface area contributed by atoms with Gasteiger partial charge in [-0.2, -0.15) is 0 Å². The van der Waals surface area contributed by atoms with Gasteiger partial charge in [0.2, 0.25) is 0 Å². The minimum Gasteiger partial charge on any atom is -0.457 e. The first kappa shape index (κ1) is 11.8. The molecule has 3 rings (SSSR count). The van der Waals surface area contributed by atoms with Crippen LogP contribution in [0.4, 0.5) is 0 Å². The molecule has 0 saturated heterocycles. The van der Waals surface area contributed by atoms with Crippen molar-refractivity contribution in [2.24, 2.45) is 5.73 Å². The second-order valence-electron chi connectivity index (χ2n) is 4.39. The van der Waals surface area contributed by atoms with Crippen LogP contribution in [0.3, 0.4) is 0 Å².